The second-order valence-electron chi connectivity index (χ2n) is 9.64. The summed E-state index contributed by atoms with van der Waals surface area (Å²) in [5.74, 6) is 1.34. The fraction of sp³-hybridized carbons (Fsp3) is 0.393. The van der Waals surface area contributed by atoms with Gasteiger partial charge in [-0.05, 0) is 42.0 Å². The number of pyridine rings is 1. The van der Waals surface area contributed by atoms with Crippen LogP contribution in [0.25, 0.3) is 11.1 Å². The number of benzene rings is 1. The van der Waals surface area contributed by atoms with Gasteiger partial charge in [0.2, 0.25) is 0 Å². The van der Waals surface area contributed by atoms with Gasteiger partial charge >= 0.3 is 0 Å². The molecule has 0 N–H and O–H groups in total. The third kappa shape index (κ3) is 4.56. The lowest BCUT2D eigenvalue weighted by Crippen LogP contribution is -2.54. The summed E-state index contributed by atoms with van der Waals surface area (Å²) in [6.45, 7) is 12.5. The molecule has 3 aromatic rings. The fourth-order valence-electron chi connectivity index (χ4n) is 4.56. The molecule has 1 saturated heterocycles. The number of carbonyl (C=O) groups is 1. The smallest absolute Gasteiger partial charge is 0.257 e. The van der Waals surface area contributed by atoms with Gasteiger partial charge in [-0.1, -0.05) is 52.0 Å². The van der Waals surface area contributed by atoms with Crippen molar-refractivity contribution in [1.29, 1.82) is 5.26 Å². The van der Waals surface area contributed by atoms with Gasteiger partial charge < -0.3 is 14.2 Å². The van der Waals surface area contributed by atoms with E-state index >= 15 is 0 Å². The van der Waals surface area contributed by atoms with Crippen LogP contribution in [0.3, 0.4) is 0 Å². The molecule has 0 spiro atoms. The molecule has 1 aromatic carbocycles. The number of piperazine rings is 1. The van der Waals surface area contributed by atoms with Gasteiger partial charge in [0.05, 0.1) is 23.1 Å². The van der Waals surface area contributed by atoms with E-state index in [1.807, 2.05) is 17.9 Å². The van der Waals surface area contributed by atoms with E-state index in [4.69, 9.17) is 9.40 Å². The van der Waals surface area contributed by atoms with E-state index in [9.17, 15) is 10.1 Å². The van der Waals surface area contributed by atoms with Gasteiger partial charge in [0.1, 0.15) is 18.2 Å². The number of anilines is 1. The molecule has 4 rings (SSSR count). The van der Waals surface area contributed by atoms with Crippen molar-refractivity contribution in [3.63, 3.8) is 0 Å². The molecule has 0 aliphatic carbocycles. The minimum atomic E-state index is -0.0302. The highest BCUT2D eigenvalue weighted by Crippen LogP contribution is 2.34. The topological polar surface area (TPSA) is 73.4 Å². The number of nitrogens with zero attached hydrogens (tertiary/aromatic N) is 4. The van der Waals surface area contributed by atoms with Crippen molar-refractivity contribution >= 4 is 11.7 Å². The number of carbonyl (C=O) groups excluding carboxylic acids is 1. The van der Waals surface area contributed by atoms with Crippen molar-refractivity contribution in [2.24, 2.45) is 0 Å². The molecule has 1 fully saturated rings. The average Bonchev–Trinajstić information content (AvgIpc) is 3.38. The molecule has 1 atom stereocenters. The van der Waals surface area contributed by atoms with Gasteiger partial charge in [-0.25, -0.2) is 4.98 Å². The molecule has 6 heteroatoms. The second kappa shape index (κ2) is 9.72. The first-order valence-electron chi connectivity index (χ1n) is 11.9. The molecule has 0 bridgehead atoms. The normalized spacial score (nSPS) is 16.2. The van der Waals surface area contributed by atoms with Crippen LogP contribution < -0.4 is 4.90 Å². The zero-order valence-electron chi connectivity index (χ0n) is 20.6. The molecular formula is C28H32N4O2. The molecule has 6 nitrogen and oxygen atoms in total. The predicted octanol–water partition coefficient (Wildman–Crippen LogP) is 5.81. The van der Waals surface area contributed by atoms with Crippen LogP contribution in [0.1, 0.15) is 73.6 Å². The number of nitriles is 1. The van der Waals surface area contributed by atoms with Crippen LogP contribution in [0.4, 0.5) is 5.82 Å². The van der Waals surface area contributed by atoms with Crippen LogP contribution in [-0.4, -0.2) is 41.5 Å². The van der Waals surface area contributed by atoms with E-state index in [1.165, 1.54) is 18.1 Å². The molecule has 34 heavy (non-hydrogen) atoms. The van der Waals surface area contributed by atoms with Gasteiger partial charge in [0, 0.05) is 31.2 Å². The summed E-state index contributed by atoms with van der Waals surface area (Å²) in [5, 5.41) is 10.0. The number of rotatable bonds is 5. The Kier molecular flexibility index (Phi) is 6.74. The van der Waals surface area contributed by atoms with Crippen LogP contribution >= 0.6 is 0 Å². The summed E-state index contributed by atoms with van der Waals surface area (Å²) < 4.78 is 5.08. The number of amides is 1. The minimum Gasteiger partial charge on any atom is -0.472 e. The van der Waals surface area contributed by atoms with Crippen molar-refractivity contribution in [2.45, 2.75) is 52.5 Å². The van der Waals surface area contributed by atoms with Gasteiger partial charge in [-0.15, -0.1) is 0 Å². The Labute approximate surface area is 201 Å². The number of hydrogen-bond donors (Lipinski definition) is 0. The van der Waals surface area contributed by atoms with Crippen LogP contribution in [0, 0.1) is 11.3 Å². The third-order valence-corrected chi connectivity index (χ3v) is 6.54. The molecular weight excluding hydrogens is 424 g/mol. The quantitative estimate of drug-likeness (QED) is 0.484. The van der Waals surface area contributed by atoms with E-state index in [-0.39, 0.29) is 17.9 Å². The Morgan fingerprint density at radius 3 is 2.41 bits per heavy atom. The zero-order valence-corrected chi connectivity index (χ0v) is 20.6. The first-order valence-corrected chi connectivity index (χ1v) is 11.9. The summed E-state index contributed by atoms with van der Waals surface area (Å²) in [5.41, 5.74) is 5.48. The molecule has 1 aliphatic rings. The van der Waals surface area contributed by atoms with E-state index in [0.29, 0.717) is 42.5 Å². The van der Waals surface area contributed by atoms with Crippen molar-refractivity contribution in [1.82, 2.24) is 9.88 Å². The number of furan rings is 1. The summed E-state index contributed by atoms with van der Waals surface area (Å²) >= 11 is 0. The summed E-state index contributed by atoms with van der Waals surface area (Å²) in [6.07, 6.45) is 3.00. The largest absolute Gasteiger partial charge is 0.472 e. The highest BCUT2D eigenvalue weighted by Gasteiger charge is 2.31. The van der Waals surface area contributed by atoms with Crippen molar-refractivity contribution < 1.29 is 9.21 Å². The lowest BCUT2D eigenvalue weighted by Gasteiger charge is -2.40. The van der Waals surface area contributed by atoms with Crippen molar-refractivity contribution in [2.75, 3.05) is 24.5 Å². The molecule has 1 amide bonds. The van der Waals surface area contributed by atoms with Gasteiger partial charge in [-0.2, -0.15) is 5.26 Å². The molecule has 176 valence electrons. The Morgan fingerprint density at radius 1 is 1.12 bits per heavy atom. The Hall–Kier alpha value is -3.59. The SMILES string of the molecule is CC(C)c1ccc(-c2cc(C#N)c(N3CCN(C(=O)c4ccoc4)[C@H](C)C3)nc2C(C)C)cc1. The molecule has 3 heterocycles. The fourth-order valence-corrected chi connectivity index (χ4v) is 4.56. The maximum absolute atomic E-state index is 12.8. The first-order chi connectivity index (χ1) is 16.3. The van der Waals surface area contributed by atoms with E-state index < -0.39 is 0 Å². The monoisotopic (exact) mass is 456 g/mol. The van der Waals surface area contributed by atoms with E-state index in [1.54, 1.807) is 6.07 Å². The molecule has 1 aliphatic heterocycles. The van der Waals surface area contributed by atoms with Crippen LogP contribution in [0.2, 0.25) is 0 Å². The highest BCUT2D eigenvalue weighted by atomic mass is 16.3. The average molecular weight is 457 g/mol. The number of hydrogen-bond acceptors (Lipinski definition) is 5. The second-order valence-corrected chi connectivity index (χ2v) is 9.64. The lowest BCUT2D eigenvalue weighted by molar-refractivity contribution is 0.0673. The van der Waals surface area contributed by atoms with Gasteiger partial charge in [0.15, 0.2) is 0 Å². The Bertz CT molecular complexity index is 1190. The van der Waals surface area contributed by atoms with Crippen LogP contribution in [0.5, 0.6) is 0 Å². The molecule has 0 radical (unpaired) electrons. The first kappa shape index (κ1) is 23.6. The Morgan fingerprint density at radius 2 is 1.85 bits per heavy atom. The van der Waals surface area contributed by atoms with Gasteiger partial charge in [0.25, 0.3) is 5.91 Å². The predicted molar refractivity (Wildman–Crippen MR) is 134 cm³/mol. The van der Waals surface area contributed by atoms with Crippen LogP contribution in [-0.2, 0) is 0 Å². The number of aromatic nitrogens is 1. The van der Waals surface area contributed by atoms with Gasteiger partial charge in [-0.3, -0.25) is 4.79 Å². The summed E-state index contributed by atoms with van der Waals surface area (Å²) in [4.78, 5) is 21.9. The molecule has 0 saturated carbocycles. The molecule has 2 aromatic heterocycles. The summed E-state index contributed by atoms with van der Waals surface area (Å²) in [6, 6.07) is 14.6. The summed E-state index contributed by atoms with van der Waals surface area (Å²) in [7, 11) is 0. The van der Waals surface area contributed by atoms with Crippen LogP contribution in [0.15, 0.2) is 53.3 Å². The van der Waals surface area contributed by atoms with E-state index in [2.05, 4.69) is 62.9 Å². The zero-order chi connectivity index (χ0) is 24.4. The highest BCUT2D eigenvalue weighted by molar-refractivity contribution is 5.94. The maximum Gasteiger partial charge on any atom is 0.257 e. The standard InChI is InChI=1S/C28H32N4O2/c1-18(2)21-6-8-22(9-7-21)25-14-24(15-29)27(30-26(25)19(3)4)31-11-12-32(20(5)16-31)28(33)23-10-13-34-17-23/h6-10,13-14,17-20H,11-12,16H2,1-5H3/t20-/m1/s1. The maximum atomic E-state index is 12.8. The van der Waals surface area contributed by atoms with E-state index in [0.717, 1.165) is 16.8 Å². The lowest BCUT2D eigenvalue weighted by atomic mass is 9.93. The Balaban J connectivity index is 1.64. The molecule has 0 unspecified atom stereocenters. The van der Waals surface area contributed by atoms with Crippen molar-refractivity contribution in [3.8, 4) is 17.2 Å². The third-order valence-electron chi connectivity index (χ3n) is 6.54. The van der Waals surface area contributed by atoms with Crippen molar-refractivity contribution in [3.05, 3.63) is 71.3 Å². The minimum absolute atomic E-state index is 0.0183.